The third-order valence-corrected chi connectivity index (χ3v) is 3.93. The van der Waals surface area contributed by atoms with Crippen LogP contribution in [0.25, 0.3) is 0 Å². The zero-order chi connectivity index (χ0) is 12.0. The largest absolute Gasteiger partial charge is 0.395 e. The molecule has 1 heteroatoms. The number of aliphatic hydroxyl groups is 1. The summed E-state index contributed by atoms with van der Waals surface area (Å²) in [6.45, 7) is 6.89. The molecule has 0 aliphatic heterocycles. The average Bonchev–Trinajstić information content (AvgIpc) is 2.33. The lowest BCUT2D eigenvalue weighted by Crippen LogP contribution is -2.37. The molecule has 1 nitrogen and oxygen atoms in total. The number of benzene rings is 1. The van der Waals surface area contributed by atoms with Crippen LogP contribution in [0.2, 0.25) is 0 Å². The van der Waals surface area contributed by atoms with Gasteiger partial charge in [0, 0.05) is 5.41 Å². The van der Waals surface area contributed by atoms with Crippen LogP contribution in [0.1, 0.15) is 45.6 Å². The van der Waals surface area contributed by atoms with Gasteiger partial charge in [0.25, 0.3) is 0 Å². The van der Waals surface area contributed by atoms with Gasteiger partial charge in [-0.1, -0.05) is 63.9 Å². The summed E-state index contributed by atoms with van der Waals surface area (Å²) < 4.78 is 0. The Balaban J connectivity index is 3.05. The van der Waals surface area contributed by atoms with Crippen molar-refractivity contribution >= 4 is 0 Å². The van der Waals surface area contributed by atoms with Gasteiger partial charge in [-0.15, -0.1) is 0 Å². The van der Waals surface area contributed by atoms with Crippen LogP contribution in [-0.4, -0.2) is 11.7 Å². The van der Waals surface area contributed by atoms with Crippen LogP contribution in [-0.2, 0) is 5.41 Å². The maximum absolute atomic E-state index is 9.83. The minimum absolute atomic E-state index is 0.0583. The number of hydrogen-bond donors (Lipinski definition) is 1. The Morgan fingerprint density at radius 3 is 2.25 bits per heavy atom. The van der Waals surface area contributed by atoms with Crippen molar-refractivity contribution in [2.24, 2.45) is 5.92 Å². The van der Waals surface area contributed by atoms with Crippen molar-refractivity contribution in [3.8, 4) is 0 Å². The first-order valence-corrected chi connectivity index (χ1v) is 6.37. The molecule has 0 aliphatic rings. The van der Waals surface area contributed by atoms with Gasteiger partial charge in [-0.2, -0.15) is 0 Å². The molecule has 0 fully saturated rings. The zero-order valence-corrected chi connectivity index (χ0v) is 10.7. The van der Waals surface area contributed by atoms with Crippen molar-refractivity contribution in [3.63, 3.8) is 0 Å². The number of aliphatic hydroxyl groups excluding tert-OH is 1. The van der Waals surface area contributed by atoms with Crippen molar-refractivity contribution in [2.45, 2.75) is 45.4 Å². The molecule has 1 aromatic rings. The van der Waals surface area contributed by atoms with Crippen molar-refractivity contribution < 1.29 is 5.11 Å². The highest BCUT2D eigenvalue weighted by Gasteiger charge is 2.34. The maximum Gasteiger partial charge on any atom is 0.0530 e. The topological polar surface area (TPSA) is 20.2 Å². The fourth-order valence-corrected chi connectivity index (χ4v) is 2.68. The Hall–Kier alpha value is -0.820. The second kappa shape index (κ2) is 6.05. The van der Waals surface area contributed by atoms with Gasteiger partial charge in [0.05, 0.1) is 6.61 Å². The molecule has 0 radical (unpaired) electrons. The molecule has 1 N–H and O–H groups in total. The lowest BCUT2D eigenvalue weighted by Gasteiger charge is -2.37. The summed E-state index contributed by atoms with van der Waals surface area (Å²) in [6.07, 6.45) is 3.34. The Bertz CT molecular complexity index is 288. The molecule has 0 aliphatic carbocycles. The highest BCUT2D eigenvalue weighted by atomic mass is 16.3. The minimum atomic E-state index is -0.0583. The predicted molar refractivity (Wildman–Crippen MR) is 69.6 cm³/mol. The van der Waals surface area contributed by atoms with Gasteiger partial charge < -0.3 is 5.11 Å². The molecule has 1 rings (SSSR count). The van der Waals surface area contributed by atoms with Gasteiger partial charge in [0.15, 0.2) is 0 Å². The first kappa shape index (κ1) is 13.2. The highest BCUT2D eigenvalue weighted by Crippen LogP contribution is 2.37. The van der Waals surface area contributed by atoms with Crippen molar-refractivity contribution in [3.05, 3.63) is 35.9 Å². The van der Waals surface area contributed by atoms with Crippen LogP contribution < -0.4 is 0 Å². The third kappa shape index (κ3) is 2.46. The molecule has 0 spiro atoms. The third-order valence-electron chi connectivity index (χ3n) is 3.93. The van der Waals surface area contributed by atoms with E-state index in [9.17, 15) is 5.11 Å². The molecule has 0 aromatic heterocycles. The minimum Gasteiger partial charge on any atom is -0.395 e. The molecule has 1 aromatic carbocycles. The molecule has 2 atom stereocenters. The zero-order valence-electron chi connectivity index (χ0n) is 10.7. The molecule has 0 heterocycles. The molecule has 0 bridgehead atoms. The van der Waals surface area contributed by atoms with E-state index < -0.39 is 0 Å². The lowest BCUT2D eigenvalue weighted by molar-refractivity contribution is 0.132. The Kier molecular flexibility index (Phi) is 5.01. The van der Waals surface area contributed by atoms with Crippen LogP contribution >= 0.6 is 0 Å². The quantitative estimate of drug-likeness (QED) is 0.774. The molecule has 16 heavy (non-hydrogen) atoms. The summed E-state index contributed by atoms with van der Waals surface area (Å²) >= 11 is 0. The highest BCUT2D eigenvalue weighted by molar-refractivity contribution is 5.26. The summed E-state index contributed by atoms with van der Waals surface area (Å²) in [4.78, 5) is 0. The molecule has 90 valence electrons. The van der Waals surface area contributed by atoms with Gasteiger partial charge >= 0.3 is 0 Å². The number of hydrogen-bond acceptors (Lipinski definition) is 1. The van der Waals surface area contributed by atoms with Crippen LogP contribution in [0.15, 0.2) is 30.3 Å². The van der Waals surface area contributed by atoms with E-state index >= 15 is 0 Å². The SMILES string of the molecule is CCCC(C)C(CC)(CO)c1ccccc1. The molecule has 0 saturated heterocycles. The first-order chi connectivity index (χ1) is 7.71. The smallest absolute Gasteiger partial charge is 0.0530 e. The van der Waals surface area contributed by atoms with Crippen LogP contribution in [0.3, 0.4) is 0 Å². The lowest BCUT2D eigenvalue weighted by atomic mass is 9.68. The van der Waals surface area contributed by atoms with E-state index in [1.165, 1.54) is 18.4 Å². The summed E-state index contributed by atoms with van der Waals surface area (Å²) in [5.74, 6) is 0.523. The first-order valence-electron chi connectivity index (χ1n) is 6.37. The Morgan fingerprint density at radius 2 is 1.81 bits per heavy atom. The second-order valence-corrected chi connectivity index (χ2v) is 4.72. The summed E-state index contributed by atoms with van der Waals surface area (Å²) in [5, 5.41) is 9.83. The normalized spacial score (nSPS) is 16.8. The number of rotatable bonds is 6. The fraction of sp³-hybridized carbons (Fsp3) is 0.600. The van der Waals surface area contributed by atoms with E-state index in [1.54, 1.807) is 0 Å². The fourth-order valence-electron chi connectivity index (χ4n) is 2.68. The standard InChI is InChI=1S/C15H24O/c1-4-9-13(3)15(5-2,12-16)14-10-7-6-8-11-14/h6-8,10-11,13,16H,4-5,9,12H2,1-3H3. The summed E-state index contributed by atoms with van der Waals surface area (Å²) in [7, 11) is 0. The van der Waals surface area contributed by atoms with E-state index in [0.717, 1.165) is 6.42 Å². The molecule has 0 saturated carbocycles. The van der Waals surface area contributed by atoms with E-state index in [1.807, 2.05) is 6.07 Å². The Labute approximate surface area is 99.5 Å². The van der Waals surface area contributed by atoms with Crippen molar-refractivity contribution in [2.75, 3.05) is 6.61 Å². The van der Waals surface area contributed by atoms with Crippen LogP contribution in [0, 0.1) is 5.92 Å². The van der Waals surface area contributed by atoms with Gasteiger partial charge in [-0.05, 0) is 17.9 Å². The monoisotopic (exact) mass is 220 g/mol. The van der Waals surface area contributed by atoms with E-state index in [-0.39, 0.29) is 12.0 Å². The van der Waals surface area contributed by atoms with Gasteiger partial charge in [-0.3, -0.25) is 0 Å². The van der Waals surface area contributed by atoms with Gasteiger partial charge in [0.2, 0.25) is 0 Å². The summed E-state index contributed by atoms with van der Waals surface area (Å²) in [6, 6.07) is 10.5. The van der Waals surface area contributed by atoms with Crippen LogP contribution in [0.4, 0.5) is 0 Å². The van der Waals surface area contributed by atoms with Crippen molar-refractivity contribution in [1.82, 2.24) is 0 Å². The average molecular weight is 220 g/mol. The van der Waals surface area contributed by atoms with Gasteiger partial charge in [-0.25, -0.2) is 0 Å². The molecular formula is C15H24O. The van der Waals surface area contributed by atoms with Gasteiger partial charge in [0.1, 0.15) is 0 Å². The molecule has 0 amide bonds. The van der Waals surface area contributed by atoms with Crippen LogP contribution in [0.5, 0.6) is 0 Å². The van der Waals surface area contributed by atoms with E-state index in [4.69, 9.17) is 0 Å². The van der Waals surface area contributed by atoms with Crippen molar-refractivity contribution in [1.29, 1.82) is 0 Å². The summed E-state index contributed by atoms with van der Waals surface area (Å²) in [5.41, 5.74) is 1.22. The second-order valence-electron chi connectivity index (χ2n) is 4.72. The molecular weight excluding hydrogens is 196 g/mol. The van der Waals surface area contributed by atoms with E-state index in [0.29, 0.717) is 5.92 Å². The Morgan fingerprint density at radius 1 is 1.19 bits per heavy atom. The molecule has 2 unspecified atom stereocenters. The predicted octanol–water partition coefficient (Wildman–Crippen LogP) is 3.76. The maximum atomic E-state index is 9.83. The van der Waals surface area contributed by atoms with E-state index in [2.05, 4.69) is 45.0 Å².